The number of carbonyl (C=O) groups is 1. The number of ether oxygens (including phenoxy) is 1. The third-order valence-electron chi connectivity index (χ3n) is 4.36. The Morgan fingerprint density at radius 2 is 1.96 bits per heavy atom. The molecule has 0 saturated carbocycles. The van der Waals surface area contributed by atoms with Crippen molar-refractivity contribution in [3.63, 3.8) is 0 Å². The molecule has 27 heavy (non-hydrogen) atoms. The zero-order valence-corrected chi connectivity index (χ0v) is 16.1. The van der Waals surface area contributed by atoms with Gasteiger partial charge in [0.05, 0.1) is 21.7 Å². The highest BCUT2D eigenvalue weighted by Crippen LogP contribution is 2.30. The molecule has 0 unspecified atom stereocenters. The molecule has 1 aliphatic heterocycles. The Bertz CT molecular complexity index is 1040. The average molecular weight is 402 g/mol. The first-order valence-corrected chi connectivity index (χ1v) is 11.2. The lowest BCUT2D eigenvalue weighted by atomic mass is 10.2. The van der Waals surface area contributed by atoms with Gasteiger partial charge in [0.2, 0.25) is 0 Å². The number of rotatable bonds is 5. The van der Waals surface area contributed by atoms with E-state index in [9.17, 15) is 13.2 Å². The topological polar surface area (TPSA) is 85.4 Å². The molecule has 1 aliphatic rings. The maximum absolute atomic E-state index is 11.9. The summed E-state index contributed by atoms with van der Waals surface area (Å²) >= 11 is 1.63. The number of fused-ring (bicyclic) bond motifs is 1. The predicted molar refractivity (Wildman–Crippen MR) is 106 cm³/mol. The molecule has 1 N–H and O–H groups in total. The Hall–Kier alpha value is -2.45. The third-order valence-corrected chi connectivity index (χ3v) is 7.22. The maximum atomic E-state index is 11.9. The molecule has 0 spiro atoms. The van der Waals surface area contributed by atoms with Crippen molar-refractivity contribution in [2.45, 2.75) is 12.5 Å². The molecule has 1 amide bonds. The first-order chi connectivity index (χ1) is 13.0. The third kappa shape index (κ3) is 4.28. The van der Waals surface area contributed by atoms with Crippen LogP contribution < -0.4 is 10.1 Å². The Kier molecular flexibility index (Phi) is 4.84. The molecule has 1 saturated heterocycles. The van der Waals surface area contributed by atoms with Crippen LogP contribution in [0.3, 0.4) is 0 Å². The second-order valence-corrected chi connectivity index (χ2v) is 9.73. The lowest BCUT2D eigenvalue weighted by molar-refractivity contribution is -0.123. The first-order valence-electron chi connectivity index (χ1n) is 8.57. The normalized spacial score (nSPS) is 18.4. The summed E-state index contributed by atoms with van der Waals surface area (Å²) in [4.78, 5) is 16.6. The molecule has 1 aromatic heterocycles. The fraction of sp³-hybridized carbons (Fsp3) is 0.263. The van der Waals surface area contributed by atoms with Gasteiger partial charge in [-0.2, -0.15) is 0 Å². The van der Waals surface area contributed by atoms with Crippen molar-refractivity contribution in [1.82, 2.24) is 10.3 Å². The second-order valence-electron chi connectivity index (χ2n) is 6.47. The summed E-state index contributed by atoms with van der Waals surface area (Å²) in [6.45, 7) is -0.142. The van der Waals surface area contributed by atoms with Crippen LogP contribution in [0.25, 0.3) is 20.8 Å². The average Bonchev–Trinajstić information content (AvgIpc) is 3.23. The molecule has 2 aromatic carbocycles. The number of hydrogen-bond donors (Lipinski definition) is 1. The van der Waals surface area contributed by atoms with E-state index in [2.05, 4.69) is 10.3 Å². The SMILES string of the molecule is O=C(COc1ccc(-c2nc3ccccc3s2)cc1)N[C@@H]1CCS(=O)(=O)C1. The zero-order chi connectivity index (χ0) is 18.9. The van der Waals surface area contributed by atoms with Gasteiger partial charge in [0.1, 0.15) is 10.8 Å². The number of amides is 1. The number of para-hydroxylation sites is 1. The van der Waals surface area contributed by atoms with Crippen LogP contribution in [0.4, 0.5) is 0 Å². The molecule has 0 bridgehead atoms. The quantitative estimate of drug-likeness (QED) is 0.709. The molecule has 2 heterocycles. The van der Waals surface area contributed by atoms with E-state index in [0.29, 0.717) is 12.2 Å². The van der Waals surface area contributed by atoms with Crippen LogP contribution in [0.15, 0.2) is 48.5 Å². The second kappa shape index (κ2) is 7.28. The van der Waals surface area contributed by atoms with E-state index in [-0.39, 0.29) is 30.1 Å². The van der Waals surface area contributed by atoms with Gasteiger partial charge in [0.15, 0.2) is 16.4 Å². The van der Waals surface area contributed by atoms with E-state index in [4.69, 9.17) is 4.74 Å². The Balaban J connectivity index is 1.34. The molecular formula is C19H18N2O4S2. The van der Waals surface area contributed by atoms with Gasteiger partial charge >= 0.3 is 0 Å². The highest BCUT2D eigenvalue weighted by atomic mass is 32.2. The summed E-state index contributed by atoms with van der Waals surface area (Å²) < 4.78 is 29.5. The van der Waals surface area contributed by atoms with E-state index >= 15 is 0 Å². The number of thiazole rings is 1. The van der Waals surface area contributed by atoms with Crippen LogP contribution in [0.2, 0.25) is 0 Å². The molecule has 8 heteroatoms. The van der Waals surface area contributed by atoms with Crippen LogP contribution in [0.5, 0.6) is 5.75 Å². The number of benzene rings is 2. The fourth-order valence-corrected chi connectivity index (χ4v) is 5.66. The van der Waals surface area contributed by atoms with Gasteiger partial charge in [-0.05, 0) is 42.8 Å². The smallest absolute Gasteiger partial charge is 0.258 e. The van der Waals surface area contributed by atoms with Gasteiger partial charge in [-0.15, -0.1) is 11.3 Å². The minimum atomic E-state index is -3.01. The predicted octanol–water partition coefficient (Wildman–Crippen LogP) is 2.65. The van der Waals surface area contributed by atoms with E-state index in [1.54, 1.807) is 23.5 Å². The van der Waals surface area contributed by atoms with Gasteiger partial charge in [0, 0.05) is 11.6 Å². The van der Waals surface area contributed by atoms with Gasteiger partial charge < -0.3 is 10.1 Å². The molecule has 6 nitrogen and oxygen atoms in total. The first kappa shape index (κ1) is 17.9. The largest absolute Gasteiger partial charge is 0.484 e. The zero-order valence-electron chi connectivity index (χ0n) is 14.4. The van der Waals surface area contributed by atoms with E-state index < -0.39 is 9.84 Å². The summed E-state index contributed by atoms with van der Waals surface area (Å²) in [6, 6.07) is 15.1. The number of nitrogens with zero attached hydrogens (tertiary/aromatic N) is 1. The minimum absolute atomic E-state index is 0.00953. The minimum Gasteiger partial charge on any atom is -0.484 e. The van der Waals surface area contributed by atoms with E-state index in [0.717, 1.165) is 20.8 Å². The van der Waals surface area contributed by atoms with Gasteiger partial charge in [-0.3, -0.25) is 4.79 Å². The van der Waals surface area contributed by atoms with E-state index in [1.165, 1.54) is 0 Å². The molecule has 4 rings (SSSR count). The standard InChI is InChI=1S/C19H18N2O4S2/c22-18(20-14-9-10-27(23,24)12-14)11-25-15-7-5-13(6-8-15)19-21-16-3-1-2-4-17(16)26-19/h1-8,14H,9-12H2,(H,20,22)/t14-/m1/s1. The summed E-state index contributed by atoms with van der Waals surface area (Å²) in [5.74, 6) is 0.406. The van der Waals surface area contributed by atoms with Gasteiger partial charge in [-0.1, -0.05) is 12.1 Å². The summed E-state index contributed by atoms with van der Waals surface area (Å²) in [5.41, 5.74) is 1.97. The van der Waals surface area contributed by atoms with Crippen molar-refractivity contribution in [3.8, 4) is 16.3 Å². The highest BCUT2D eigenvalue weighted by molar-refractivity contribution is 7.91. The van der Waals surface area contributed by atoms with Crippen LogP contribution in [0, 0.1) is 0 Å². The van der Waals surface area contributed by atoms with Crippen molar-refractivity contribution in [2.75, 3.05) is 18.1 Å². The molecule has 0 aliphatic carbocycles. The maximum Gasteiger partial charge on any atom is 0.258 e. The van der Waals surface area contributed by atoms with Crippen molar-refractivity contribution in [2.24, 2.45) is 0 Å². The Morgan fingerprint density at radius 1 is 1.19 bits per heavy atom. The van der Waals surface area contributed by atoms with Gasteiger partial charge in [-0.25, -0.2) is 13.4 Å². The van der Waals surface area contributed by atoms with Gasteiger partial charge in [0.25, 0.3) is 5.91 Å². The molecule has 140 valence electrons. The van der Waals surface area contributed by atoms with Crippen LogP contribution in [-0.2, 0) is 14.6 Å². The van der Waals surface area contributed by atoms with Crippen LogP contribution in [-0.4, -0.2) is 43.5 Å². The number of carbonyl (C=O) groups excluding carboxylic acids is 1. The lowest BCUT2D eigenvalue weighted by Crippen LogP contribution is -2.38. The van der Waals surface area contributed by atoms with Crippen molar-refractivity contribution in [1.29, 1.82) is 0 Å². The van der Waals surface area contributed by atoms with Crippen LogP contribution in [0.1, 0.15) is 6.42 Å². The van der Waals surface area contributed by atoms with Crippen molar-refractivity contribution < 1.29 is 17.9 Å². The number of nitrogens with one attached hydrogen (secondary N) is 1. The highest BCUT2D eigenvalue weighted by Gasteiger charge is 2.28. The lowest BCUT2D eigenvalue weighted by Gasteiger charge is -2.11. The molecule has 0 radical (unpaired) electrons. The van der Waals surface area contributed by atoms with Crippen molar-refractivity contribution >= 4 is 37.3 Å². The Morgan fingerprint density at radius 3 is 2.67 bits per heavy atom. The number of hydrogen-bond acceptors (Lipinski definition) is 6. The molecular weight excluding hydrogens is 384 g/mol. The fourth-order valence-electron chi connectivity index (χ4n) is 3.02. The molecule has 1 atom stereocenters. The summed E-state index contributed by atoms with van der Waals surface area (Å²) in [7, 11) is -3.01. The van der Waals surface area contributed by atoms with Crippen molar-refractivity contribution in [3.05, 3.63) is 48.5 Å². The van der Waals surface area contributed by atoms with Crippen LogP contribution >= 0.6 is 11.3 Å². The van der Waals surface area contributed by atoms with E-state index in [1.807, 2.05) is 36.4 Å². The number of sulfone groups is 1. The monoisotopic (exact) mass is 402 g/mol. The summed E-state index contributed by atoms with van der Waals surface area (Å²) in [5, 5.41) is 3.64. The Labute approximate surface area is 161 Å². The number of aromatic nitrogens is 1. The summed E-state index contributed by atoms with van der Waals surface area (Å²) in [6.07, 6.45) is 0.463. The molecule has 3 aromatic rings. The molecule has 1 fully saturated rings.